The maximum Gasteiger partial charge on any atom is 0.427 e. The van der Waals surface area contributed by atoms with Crippen molar-refractivity contribution in [2.45, 2.75) is 121 Å². The summed E-state index contributed by atoms with van der Waals surface area (Å²) < 4.78 is 83.9. The van der Waals surface area contributed by atoms with E-state index in [9.17, 15) is 40.8 Å². The number of ether oxygens (including phenoxy) is 3. The maximum absolute atomic E-state index is 14.3. The van der Waals surface area contributed by atoms with Gasteiger partial charge >= 0.3 is 12.3 Å². The zero-order valence-electron chi connectivity index (χ0n) is 34.2. The number of likely N-dealkylation sites (tertiary alicyclic amines) is 1. The molecule has 14 nitrogen and oxygen atoms in total. The van der Waals surface area contributed by atoms with Crippen LogP contribution in [-0.2, 0) is 29.1 Å². The van der Waals surface area contributed by atoms with Crippen LogP contribution in [0.15, 0.2) is 36.5 Å². The number of hydrogen-bond acceptors (Lipinski definition) is 10. The molecule has 2 saturated carbocycles. The second-order valence-corrected chi connectivity index (χ2v) is 19.7. The van der Waals surface area contributed by atoms with Crippen LogP contribution in [0.4, 0.5) is 18.0 Å². The van der Waals surface area contributed by atoms with Gasteiger partial charge in [-0.15, -0.1) is 0 Å². The summed E-state index contributed by atoms with van der Waals surface area (Å²) in [6.45, 7) is 8.15. The number of allylic oxidation sites excluding steroid dienone is 2. The van der Waals surface area contributed by atoms with Gasteiger partial charge in [-0.3, -0.25) is 19.1 Å². The summed E-state index contributed by atoms with van der Waals surface area (Å²) in [6, 6.07) is 2.48. The van der Waals surface area contributed by atoms with Crippen LogP contribution < -0.4 is 25.2 Å². The molecule has 1 saturated heterocycles. The van der Waals surface area contributed by atoms with Crippen molar-refractivity contribution in [1.29, 1.82) is 0 Å². The first-order valence-corrected chi connectivity index (χ1v) is 21.4. The van der Waals surface area contributed by atoms with Crippen molar-refractivity contribution in [2.24, 2.45) is 28.9 Å². The number of amides is 4. The molecule has 1 aromatic carbocycles. The van der Waals surface area contributed by atoms with Crippen LogP contribution in [0.5, 0.6) is 11.6 Å². The number of primary amides is 1. The highest BCUT2D eigenvalue weighted by atomic mass is 35.5. The summed E-state index contributed by atoms with van der Waals surface area (Å²) >= 11 is 6.45. The van der Waals surface area contributed by atoms with Crippen LogP contribution in [0.2, 0.25) is 5.02 Å². The lowest BCUT2D eigenvalue weighted by Gasteiger charge is -2.33. The van der Waals surface area contributed by atoms with E-state index in [0.717, 1.165) is 4.90 Å². The van der Waals surface area contributed by atoms with Gasteiger partial charge in [-0.25, -0.2) is 18.2 Å². The van der Waals surface area contributed by atoms with Crippen LogP contribution in [-0.4, -0.2) is 90.5 Å². The Morgan fingerprint density at radius 3 is 2.42 bits per heavy atom. The van der Waals surface area contributed by atoms with E-state index in [1.165, 1.54) is 13.3 Å². The van der Waals surface area contributed by atoms with E-state index in [2.05, 4.69) is 15.0 Å². The number of alkyl carbamates (subject to hydrolysis) is 1. The summed E-state index contributed by atoms with van der Waals surface area (Å²) in [5.41, 5.74) is 2.04. The van der Waals surface area contributed by atoms with Gasteiger partial charge in [-0.1, -0.05) is 57.0 Å². The molecule has 0 spiro atoms. The smallest absolute Gasteiger partial charge is 0.427 e. The third-order valence-corrected chi connectivity index (χ3v) is 14.4. The topological polar surface area (TPSA) is 196 Å². The molecule has 4 N–H and O–H groups in total. The Bertz CT molecular complexity index is 2100. The van der Waals surface area contributed by atoms with Gasteiger partial charge in [0.25, 0.3) is 0 Å². The Morgan fingerprint density at radius 2 is 1.81 bits per heavy atom. The number of sulfonamides is 1. The number of pyridine rings is 1. The van der Waals surface area contributed by atoms with Crippen molar-refractivity contribution in [2.75, 3.05) is 13.7 Å². The lowest BCUT2D eigenvalue weighted by molar-refractivity contribution is -0.244. The number of methoxy groups -OCH3 is 1. The molecule has 0 radical (unpaired) electrons. The highest BCUT2D eigenvalue weighted by molar-refractivity contribution is 7.91. The number of nitrogens with one attached hydrogen (secondary N) is 2. The number of nitrogens with zero attached hydrogens (tertiary/aromatic N) is 2. The van der Waals surface area contributed by atoms with E-state index in [4.69, 9.17) is 31.5 Å². The molecule has 1 aliphatic heterocycles. The summed E-state index contributed by atoms with van der Waals surface area (Å²) in [4.78, 5) is 58.5. The largest absolute Gasteiger partial charge is 0.494 e. The Morgan fingerprint density at radius 1 is 1.14 bits per heavy atom. The van der Waals surface area contributed by atoms with E-state index in [-0.39, 0.29) is 30.7 Å². The molecule has 2 aromatic rings. The maximum atomic E-state index is 14.3. The Balaban J connectivity index is 1.26. The number of halogens is 4. The third-order valence-electron chi connectivity index (χ3n) is 11.9. The van der Waals surface area contributed by atoms with Crippen molar-refractivity contribution >= 4 is 56.2 Å². The molecule has 19 heteroatoms. The molecule has 0 bridgehead atoms. The highest BCUT2D eigenvalue weighted by Gasteiger charge is 2.58. The minimum absolute atomic E-state index is 0.00265. The minimum atomic E-state index is -4.91. The van der Waals surface area contributed by atoms with Gasteiger partial charge in [-0.05, 0) is 82.8 Å². The Kier molecular flexibility index (Phi) is 13.2. The molecule has 326 valence electrons. The highest BCUT2D eigenvalue weighted by Crippen LogP contribution is 2.54. The molecule has 2 aliphatic carbocycles. The van der Waals surface area contributed by atoms with Gasteiger partial charge in [0, 0.05) is 17.2 Å². The Labute approximate surface area is 347 Å². The van der Waals surface area contributed by atoms with Gasteiger partial charge in [0.05, 0.1) is 35.0 Å². The second-order valence-electron chi connectivity index (χ2n) is 17.1. The first-order valence-electron chi connectivity index (χ1n) is 19.5. The summed E-state index contributed by atoms with van der Waals surface area (Å²) in [6.07, 6.45) is 1.02. The van der Waals surface area contributed by atoms with Crippen molar-refractivity contribution in [3.63, 3.8) is 0 Å². The Hall–Kier alpha value is -4.32. The lowest BCUT2D eigenvalue weighted by atomic mass is 9.92. The van der Waals surface area contributed by atoms with Crippen molar-refractivity contribution in [3.8, 4) is 11.6 Å². The monoisotopic (exact) mass is 871 g/mol. The standard InChI is InChI=1S/C40H53ClF3N5O9S/c1-22(14-15-24-19-39(24,6)35(52)48-59(54,55)38(5)16-17-38)10-8-11-23(2)31(47-36(53)58-37(3,4)40(42,43)44)34(51)49-21-25(18-28(49)32(45)50)57-33-26-12-9-13-27(41)30(26)29(56-7)20-46-33/h9,12-15,20,22-25,28,31H,8,10-11,16-19,21H2,1-7H3,(H2,45,50)(H,47,53)(H,48,52)/b15-14-/t22-,23-,24-,25-,28+,31+,39+/m1/s1. The molecule has 0 unspecified atom stereocenters. The zero-order chi connectivity index (χ0) is 43.9. The number of hydrogen-bond donors (Lipinski definition) is 3. The van der Waals surface area contributed by atoms with Crippen LogP contribution in [0.1, 0.15) is 86.5 Å². The molecular formula is C40H53ClF3N5O9S. The first kappa shape index (κ1) is 45.8. The third kappa shape index (κ3) is 10.0. The number of nitrogens with two attached hydrogens (primary N) is 1. The number of fused-ring (bicyclic) bond motifs is 1. The fraction of sp³-hybridized carbons (Fsp3) is 0.625. The molecule has 1 aromatic heterocycles. The van der Waals surface area contributed by atoms with Crippen LogP contribution in [0.25, 0.3) is 10.8 Å². The average molecular weight is 872 g/mol. The first-order chi connectivity index (χ1) is 27.3. The van der Waals surface area contributed by atoms with E-state index in [1.807, 2.05) is 19.1 Å². The van der Waals surface area contributed by atoms with Crippen LogP contribution >= 0.6 is 11.6 Å². The number of benzene rings is 1. The average Bonchev–Trinajstić information content (AvgIpc) is 4.01. The van der Waals surface area contributed by atoms with Gasteiger partial charge in [0.15, 0.2) is 0 Å². The van der Waals surface area contributed by atoms with Gasteiger partial charge < -0.3 is 30.2 Å². The SMILES string of the molecule is COc1cnc(O[C@@H]2C[C@@H](C(N)=O)N(C(=O)[C@@H](NC(=O)OC(C)(C)C(F)(F)F)[C@H](C)CCC[C@@H](C)/C=C\[C@@H]3C[C@]3(C)C(=O)NS(=O)(=O)C3(C)CC3)C2)c2cccc(Cl)c12. The van der Waals surface area contributed by atoms with E-state index >= 15 is 0 Å². The van der Waals surface area contributed by atoms with Crippen molar-refractivity contribution in [3.05, 3.63) is 41.6 Å². The molecule has 7 atom stereocenters. The quantitative estimate of drug-likeness (QED) is 0.154. The molecule has 3 aliphatic rings. The summed E-state index contributed by atoms with van der Waals surface area (Å²) in [5, 5.41) is 3.76. The molecular weight excluding hydrogens is 819 g/mol. The number of rotatable bonds is 17. The summed E-state index contributed by atoms with van der Waals surface area (Å²) in [7, 11) is -2.29. The van der Waals surface area contributed by atoms with Crippen molar-refractivity contribution < 1.29 is 55.0 Å². The molecule has 59 heavy (non-hydrogen) atoms. The number of aromatic nitrogens is 1. The molecule has 2 heterocycles. The van der Waals surface area contributed by atoms with Gasteiger partial charge in [0.1, 0.15) is 23.9 Å². The van der Waals surface area contributed by atoms with E-state index in [0.29, 0.717) is 73.9 Å². The summed E-state index contributed by atoms with van der Waals surface area (Å²) in [5.74, 6) is -2.39. The van der Waals surface area contributed by atoms with Crippen molar-refractivity contribution in [1.82, 2.24) is 19.9 Å². The predicted molar refractivity (Wildman–Crippen MR) is 213 cm³/mol. The van der Waals surface area contributed by atoms with Crippen LogP contribution in [0.3, 0.4) is 0 Å². The van der Waals surface area contributed by atoms with E-state index < -0.39 is 79.9 Å². The minimum Gasteiger partial charge on any atom is -0.494 e. The fourth-order valence-corrected chi connectivity index (χ4v) is 8.80. The number of alkyl halides is 3. The number of carbonyl (C=O) groups is 4. The molecule has 4 amide bonds. The fourth-order valence-electron chi connectivity index (χ4n) is 7.17. The normalized spacial score (nSPS) is 24.3. The number of carbonyl (C=O) groups excluding carboxylic acids is 4. The van der Waals surface area contributed by atoms with Gasteiger partial charge in [0.2, 0.25) is 39.2 Å². The molecule has 3 fully saturated rings. The zero-order valence-corrected chi connectivity index (χ0v) is 35.7. The van der Waals surface area contributed by atoms with Crippen LogP contribution in [0, 0.1) is 23.2 Å². The van der Waals surface area contributed by atoms with E-state index in [1.54, 1.807) is 39.0 Å². The lowest BCUT2D eigenvalue weighted by Crippen LogP contribution is -2.56. The molecule has 5 rings (SSSR count). The predicted octanol–water partition coefficient (Wildman–Crippen LogP) is 6.19. The second kappa shape index (κ2) is 17.0. The van der Waals surface area contributed by atoms with Gasteiger partial charge in [-0.2, -0.15) is 13.2 Å².